The summed E-state index contributed by atoms with van der Waals surface area (Å²) in [6, 6.07) is 23.4. The highest BCUT2D eigenvalue weighted by Gasteiger charge is 2.16. The monoisotopic (exact) mass is 506 g/mol. The molecule has 0 aliphatic heterocycles. The number of thioether (sulfide) groups is 1. The van der Waals surface area contributed by atoms with E-state index in [4.69, 9.17) is 26.8 Å². The van der Waals surface area contributed by atoms with Gasteiger partial charge < -0.3 is 14.8 Å². The first-order chi connectivity index (χ1) is 17.0. The number of rotatable bonds is 9. The highest BCUT2D eigenvalue weighted by atomic mass is 32.2. The summed E-state index contributed by atoms with van der Waals surface area (Å²) in [5.74, 6) is 2.23. The fraction of sp³-hybridized carbons (Fsp3) is 0.192. The Bertz CT molecular complexity index is 1370. The second-order valence-electron chi connectivity index (χ2n) is 7.74. The first-order valence-electron chi connectivity index (χ1n) is 10.9. The Morgan fingerprint density at radius 1 is 1.03 bits per heavy atom. The van der Waals surface area contributed by atoms with Crippen LogP contribution in [-0.2, 0) is 17.1 Å². The fourth-order valence-electron chi connectivity index (χ4n) is 3.51. The van der Waals surface area contributed by atoms with Crippen molar-refractivity contribution in [3.8, 4) is 17.2 Å². The molecule has 0 fully saturated rings. The Morgan fingerprint density at radius 3 is 2.46 bits per heavy atom. The number of amides is 1. The third kappa shape index (κ3) is 5.93. The number of carbonyl (C=O) groups excluding carboxylic acids is 1. The van der Waals surface area contributed by atoms with E-state index in [1.165, 1.54) is 5.56 Å². The van der Waals surface area contributed by atoms with Gasteiger partial charge in [0.05, 0.1) is 25.7 Å². The van der Waals surface area contributed by atoms with Crippen LogP contribution < -0.4 is 14.8 Å². The lowest BCUT2D eigenvalue weighted by Gasteiger charge is -2.11. The van der Waals surface area contributed by atoms with E-state index in [1.807, 2.05) is 34.9 Å². The summed E-state index contributed by atoms with van der Waals surface area (Å²) in [5, 5.41) is 7.59. The first kappa shape index (κ1) is 24.6. The number of benzene rings is 3. The van der Waals surface area contributed by atoms with Crippen molar-refractivity contribution in [2.45, 2.75) is 24.1 Å². The van der Waals surface area contributed by atoms with Crippen LogP contribution >= 0.6 is 24.0 Å². The van der Waals surface area contributed by atoms with Gasteiger partial charge in [0, 0.05) is 16.6 Å². The molecule has 180 valence electrons. The number of aryl methyl sites for hydroxylation is 1. The Morgan fingerprint density at radius 2 is 1.77 bits per heavy atom. The van der Waals surface area contributed by atoms with E-state index in [9.17, 15) is 4.79 Å². The SMILES string of the molecule is COc1ccc(OC)c(NC(=O)Cn2nc(CSc3ccc(C)cc3)n(-c3ccccc3)c2=S)c1. The zero-order valence-corrected chi connectivity index (χ0v) is 21.4. The number of aromatic nitrogens is 3. The van der Waals surface area contributed by atoms with Crippen LogP contribution in [0.5, 0.6) is 11.5 Å². The van der Waals surface area contributed by atoms with E-state index in [2.05, 4.69) is 36.5 Å². The molecular formula is C26H26N4O3S2. The molecule has 0 radical (unpaired) electrons. The predicted molar refractivity (Wildman–Crippen MR) is 141 cm³/mol. The zero-order valence-electron chi connectivity index (χ0n) is 19.7. The molecule has 0 aliphatic rings. The second-order valence-corrected chi connectivity index (χ2v) is 9.16. The lowest BCUT2D eigenvalue weighted by atomic mass is 10.2. The average molecular weight is 507 g/mol. The molecule has 4 rings (SSSR count). The van der Waals surface area contributed by atoms with Gasteiger partial charge in [0.1, 0.15) is 23.9 Å². The number of nitrogens with zero attached hydrogens (tertiary/aromatic N) is 3. The topological polar surface area (TPSA) is 70.3 Å². The van der Waals surface area contributed by atoms with Crippen molar-refractivity contribution in [2.75, 3.05) is 19.5 Å². The van der Waals surface area contributed by atoms with Gasteiger partial charge >= 0.3 is 0 Å². The van der Waals surface area contributed by atoms with Crippen LogP contribution in [0.4, 0.5) is 5.69 Å². The lowest BCUT2D eigenvalue weighted by molar-refractivity contribution is -0.116. The molecule has 0 saturated heterocycles. The molecular weight excluding hydrogens is 480 g/mol. The van der Waals surface area contributed by atoms with Crippen LogP contribution in [0, 0.1) is 11.7 Å². The zero-order chi connectivity index (χ0) is 24.8. The molecule has 0 saturated carbocycles. The molecule has 0 spiro atoms. The first-order valence-corrected chi connectivity index (χ1v) is 12.3. The third-order valence-corrected chi connectivity index (χ3v) is 6.69. The van der Waals surface area contributed by atoms with E-state index in [0.717, 1.165) is 16.4 Å². The summed E-state index contributed by atoms with van der Waals surface area (Å²) in [4.78, 5) is 14.1. The number of anilines is 1. The average Bonchev–Trinajstić information content (AvgIpc) is 3.18. The molecule has 4 aromatic rings. The molecule has 7 nitrogen and oxygen atoms in total. The van der Waals surface area contributed by atoms with Gasteiger partial charge in [-0.3, -0.25) is 9.36 Å². The Balaban J connectivity index is 1.60. The lowest BCUT2D eigenvalue weighted by Crippen LogP contribution is -2.20. The fourth-order valence-corrected chi connectivity index (χ4v) is 4.63. The maximum absolute atomic E-state index is 12.9. The number of ether oxygens (including phenoxy) is 2. The van der Waals surface area contributed by atoms with Crippen LogP contribution in [-0.4, -0.2) is 34.5 Å². The van der Waals surface area contributed by atoms with Gasteiger partial charge in [-0.1, -0.05) is 35.9 Å². The summed E-state index contributed by atoms with van der Waals surface area (Å²) in [5.41, 5.74) is 2.63. The standard InChI is InChI=1S/C26H26N4O3S2/c1-18-9-12-21(13-10-18)35-17-24-28-29(26(34)30(24)19-7-5-4-6-8-19)16-25(31)27-22-15-20(32-2)11-14-23(22)33-3/h4-15H,16-17H2,1-3H3,(H,27,31). The molecule has 1 aromatic heterocycles. The highest BCUT2D eigenvalue weighted by Crippen LogP contribution is 2.29. The Kier molecular flexibility index (Phi) is 7.89. The molecule has 0 atom stereocenters. The van der Waals surface area contributed by atoms with Crippen LogP contribution in [0.2, 0.25) is 0 Å². The van der Waals surface area contributed by atoms with E-state index in [0.29, 0.717) is 27.7 Å². The minimum absolute atomic E-state index is 0.0404. The third-order valence-electron chi connectivity index (χ3n) is 5.28. The van der Waals surface area contributed by atoms with Crippen molar-refractivity contribution < 1.29 is 14.3 Å². The summed E-state index contributed by atoms with van der Waals surface area (Å²) in [6.45, 7) is 2.02. The van der Waals surface area contributed by atoms with Gasteiger partial charge in [0.25, 0.3) is 0 Å². The quantitative estimate of drug-likeness (QED) is 0.233. The van der Waals surface area contributed by atoms with Gasteiger partial charge in [-0.2, -0.15) is 5.10 Å². The summed E-state index contributed by atoms with van der Waals surface area (Å²) < 4.78 is 14.5. The van der Waals surface area contributed by atoms with E-state index < -0.39 is 0 Å². The molecule has 0 bridgehead atoms. The summed E-state index contributed by atoms with van der Waals surface area (Å²) in [7, 11) is 3.12. The Labute approximate surface area is 213 Å². The number of nitrogens with one attached hydrogen (secondary N) is 1. The molecule has 35 heavy (non-hydrogen) atoms. The summed E-state index contributed by atoms with van der Waals surface area (Å²) >= 11 is 7.41. The van der Waals surface area contributed by atoms with Gasteiger partial charge in [-0.15, -0.1) is 11.8 Å². The van der Waals surface area contributed by atoms with Gasteiger partial charge in [-0.25, -0.2) is 4.68 Å². The molecule has 0 unspecified atom stereocenters. The predicted octanol–water partition coefficient (Wildman–Crippen LogP) is 5.66. The minimum Gasteiger partial charge on any atom is -0.497 e. The molecule has 3 aromatic carbocycles. The number of carbonyl (C=O) groups is 1. The number of hydrogen-bond donors (Lipinski definition) is 1. The molecule has 1 N–H and O–H groups in total. The van der Waals surface area contributed by atoms with Crippen molar-refractivity contribution in [1.29, 1.82) is 0 Å². The van der Waals surface area contributed by atoms with E-state index in [1.54, 1.807) is 48.9 Å². The molecule has 1 heterocycles. The van der Waals surface area contributed by atoms with Gasteiger partial charge in [0.2, 0.25) is 10.7 Å². The van der Waals surface area contributed by atoms with Gasteiger partial charge in [-0.05, 0) is 55.5 Å². The largest absolute Gasteiger partial charge is 0.497 e. The van der Waals surface area contributed by atoms with Crippen LogP contribution in [0.1, 0.15) is 11.4 Å². The summed E-state index contributed by atoms with van der Waals surface area (Å²) in [6.07, 6.45) is 0. The maximum atomic E-state index is 12.9. The van der Waals surface area contributed by atoms with E-state index in [-0.39, 0.29) is 12.5 Å². The van der Waals surface area contributed by atoms with E-state index >= 15 is 0 Å². The van der Waals surface area contributed by atoms with Crippen LogP contribution in [0.25, 0.3) is 5.69 Å². The van der Waals surface area contributed by atoms with Crippen LogP contribution in [0.3, 0.4) is 0 Å². The van der Waals surface area contributed by atoms with Crippen molar-refractivity contribution in [1.82, 2.24) is 14.3 Å². The van der Waals surface area contributed by atoms with Crippen LogP contribution in [0.15, 0.2) is 77.7 Å². The normalized spacial score (nSPS) is 10.7. The Hall–Kier alpha value is -3.56. The van der Waals surface area contributed by atoms with Crippen molar-refractivity contribution >= 4 is 35.6 Å². The molecule has 9 heteroatoms. The maximum Gasteiger partial charge on any atom is 0.246 e. The number of para-hydroxylation sites is 1. The minimum atomic E-state index is -0.275. The number of methoxy groups -OCH3 is 2. The second kappa shape index (κ2) is 11.2. The van der Waals surface area contributed by atoms with Gasteiger partial charge in [0.15, 0.2) is 0 Å². The molecule has 1 amide bonds. The van der Waals surface area contributed by atoms with Crippen molar-refractivity contribution in [2.24, 2.45) is 0 Å². The highest BCUT2D eigenvalue weighted by molar-refractivity contribution is 7.98. The van der Waals surface area contributed by atoms with Crippen molar-refractivity contribution in [3.63, 3.8) is 0 Å². The van der Waals surface area contributed by atoms with Crippen molar-refractivity contribution in [3.05, 3.63) is 89.0 Å². The molecule has 0 aliphatic carbocycles. The number of hydrogen-bond acceptors (Lipinski definition) is 6. The smallest absolute Gasteiger partial charge is 0.246 e.